The number of carbonyl (C=O) groups is 4. The summed E-state index contributed by atoms with van der Waals surface area (Å²) in [6.07, 6.45) is 1.26. The molecule has 0 bridgehead atoms. The number of ether oxygens (including phenoxy) is 1. The van der Waals surface area contributed by atoms with E-state index < -0.39 is 23.8 Å². The van der Waals surface area contributed by atoms with Crippen LogP contribution in [0.2, 0.25) is 10.0 Å². The molecule has 0 unspecified atom stereocenters. The van der Waals surface area contributed by atoms with Crippen LogP contribution in [0.15, 0.2) is 72.3 Å². The van der Waals surface area contributed by atoms with Gasteiger partial charge in [0, 0.05) is 21.3 Å². The first-order valence-electron chi connectivity index (χ1n) is 10.7. The minimum absolute atomic E-state index is 0.202. The number of hydrogen-bond donors (Lipinski definition) is 2. The number of nitrogens with zero attached hydrogens (tertiary/aromatic N) is 1. The highest BCUT2D eigenvalue weighted by Crippen LogP contribution is 2.28. The average Bonchev–Trinajstić information content (AvgIpc) is 2.84. The second-order valence-corrected chi connectivity index (χ2v) is 8.62. The number of hydrogen-bond acceptors (Lipinski definition) is 5. The zero-order valence-corrected chi connectivity index (χ0v) is 20.4. The lowest BCUT2D eigenvalue weighted by Crippen LogP contribution is -2.54. The molecule has 0 atom stereocenters. The maximum atomic E-state index is 13.1. The standard InChI is InChI=1S/C26H19Cl2N3O5/c1-15-7-9-18(13-21(15)28)29-23(32)14-36-22-10-8-17(27)11-16(22)12-20-24(33)30-26(35)31(25(20)34)19-5-3-2-4-6-19/h2-13H,14H2,1H3,(H,29,32)(H,30,33,35)/b20-12-. The Morgan fingerprint density at radius 1 is 1.03 bits per heavy atom. The van der Waals surface area contributed by atoms with Crippen molar-refractivity contribution in [2.45, 2.75) is 6.92 Å². The highest BCUT2D eigenvalue weighted by atomic mass is 35.5. The molecule has 1 heterocycles. The molecule has 1 aliphatic heterocycles. The van der Waals surface area contributed by atoms with Gasteiger partial charge in [-0.15, -0.1) is 0 Å². The predicted molar refractivity (Wildman–Crippen MR) is 137 cm³/mol. The highest BCUT2D eigenvalue weighted by Gasteiger charge is 2.36. The summed E-state index contributed by atoms with van der Waals surface area (Å²) in [7, 11) is 0. The van der Waals surface area contributed by atoms with Gasteiger partial charge in [0.1, 0.15) is 11.3 Å². The van der Waals surface area contributed by atoms with E-state index in [-0.39, 0.29) is 23.5 Å². The maximum absolute atomic E-state index is 13.1. The van der Waals surface area contributed by atoms with Gasteiger partial charge in [-0.05, 0) is 61.0 Å². The molecule has 8 nitrogen and oxygen atoms in total. The van der Waals surface area contributed by atoms with Crippen LogP contribution in [0.1, 0.15) is 11.1 Å². The fourth-order valence-corrected chi connectivity index (χ4v) is 3.76. The van der Waals surface area contributed by atoms with E-state index in [0.717, 1.165) is 10.5 Å². The van der Waals surface area contributed by atoms with Gasteiger partial charge in [0.25, 0.3) is 17.7 Å². The van der Waals surface area contributed by atoms with Gasteiger partial charge in [-0.2, -0.15) is 0 Å². The van der Waals surface area contributed by atoms with Gasteiger partial charge in [-0.1, -0.05) is 47.5 Å². The number of barbiturate groups is 1. The second-order valence-electron chi connectivity index (χ2n) is 7.78. The lowest BCUT2D eigenvalue weighted by atomic mass is 10.1. The van der Waals surface area contributed by atoms with Crippen molar-refractivity contribution in [2.24, 2.45) is 0 Å². The lowest BCUT2D eigenvalue weighted by molar-refractivity contribution is -0.122. The molecule has 4 rings (SSSR count). The number of anilines is 2. The summed E-state index contributed by atoms with van der Waals surface area (Å²) in [6.45, 7) is 1.48. The number of amides is 5. The van der Waals surface area contributed by atoms with Gasteiger partial charge in [0.05, 0.1) is 5.69 Å². The molecule has 0 saturated carbocycles. The van der Waals surface area contributed by atoms with Crippen molar-refractivity contribution < 1.29 is 23.9 Å². The first-order chi connectivity index (χ1) is 17.2. The highest BCUT2D eigenvalue weighted by molar-refractivity contribution is 6.39. The van der Waals surface area contributed by atoms with E-state index in [4.69, 9.17) is 27.9 Å². The summed E-state index contributed by atoms with van der Waals surface area (Å²) in [5.41, 5.74) is 1.65. The topological polar surface area (TPSA) is 105 Å². The van der Waals surface area contributed by atoms with Crippen molar-refractivity contribution in [2.75, 3.05) is 16.8 Å². The van der Waals surface area contributed by atoms with Crippen LogP contribution in [-0.4, -0.2) is 30.4 Å². The molecule has 5 amide bonds. The van der Waals surface area contributed by atoms with Gasteiger partial charge in [0.15, 0.2) is 6.61 Å². The lowest BCUT2D eigenvalue weighted by Gasteiger charge is -2.26. The minimum Gasteiger partial charge on any atom is -0.483 e. The number of carbonyl (C=O) groups excluding carboxylic acids is 4. The molecule has 1 aliphatic rings. The van der Waals surface area contributed by atoms with E-state index >= 15 is 0 Å². The SMILES string of the molecule is Cc1ccc(NC(=O)COc2ccc(Cl)cc2/C=C2/C(=O)NC(=O)N(c3ccccc3)C2=O)cc1Cl. The Labute approximate surface area is 216 Å². The summed E-state index contributed by atoms with van der Waals surface area (Å²) < 4.78 is 5.65. The van der Waals surface area contributed by atoms with Crippen molar-refractivity contribution in [3.8, 4) is 5.75 Å². The van der Waals surface area contributed by atoms with Crippen LogP contribution in [0, 0.1) is 6.92 Å². The third kappa shape index (κ3) is 5.56. The van der Waals surface area contributed by atoms with Crippen LogP contribution in [0.4, 0.5) is 16.2 Å². The second kappa shape index (κ2) is 10.6. The molecule has 0 radical (unpaired) electrons. The van der Waals surface area contributed by atoms with E-state index in [1.807, 2.05) is 6.92 Å². The third-order valence-electron chi connectivity index (χ3n) is 5.20. The smallest absolute Gasteiger partial charge is 0.335 e. The van der Waals surface area contributed by atoms with Crippen molar-refractivity contribution in [3.63, 3.8) is 0 Å². The Bertz CT molecular complexity index is 1410. The van der Waals surface area contributed by atoms with Crippen molar-refractivity contribution >= 4 is 64.4 Å². The Balaban J connectivity index is 1.56. The predicted octanol–water partition coefficient (Wildman–Crippen LogP) is 4.99. The summed E-state index contributed by atoms with van der Waals surface area (Å²) in [5, 5.41) is 5.67. The first-order valence-corrected chi connectivity index (χ1v) is 11.4. The van der Waals surface area contributed by atoms with E-state index in [2.05, 4.69) is 10.6 Å². The van der Waals surface area contributed by atoms with E-state index in [0.29, 0.717) is 21.4 Å². The Morgan fingerprint density at radius 2 is 1.78 bits per heavy atom. The largest absolute Gasteiger partial charge is 0.483 e. The molecule has 1 saturated heterocycles. The van der Waals surface area contributed by atoms with Crippen molar-refractivity contribution in [3.05, 3.63) is 93.5 Å². The van der Waals surface area contributed by atoms with Crippen LogP contribution in [0.5, 0.6) is 5.75 Å². The summed E-state index contributed by atoms with van der Waals surface area (Å²) in [5.74, 6) is -1.92. The summed E-state index contributed by atoms with van der Waals surface area (Å²) >= 11 is 12.2. The van der Waals surface area contributed by atoms with Crippen molar-refractivity contribution in [1.29, 1.82) is 0 Å². The number of para-hydroxylation sites is 1. The maximum Gasteiger partial charge on any atom is 0.335 e. The zero-order chi connectivity index (χ0) is 25.8. The molecule has 1 fully saturated rings. The fraction of sp³-hybridized carbons (Fsp3) is 0.0769. The Morgan fingerprint density at radius 3 is 2.50 bits per heavy atom. The van der Waals surface area contributed by atoms with Crippen LogP contribution >= 0.6 is 23.2 Å². The van der Waals surface area contributed by atoms with E-state index in [1.54, 1.807) is 54.6 Å². The number of imide groups is 2. The van der Waals surface area contributed by atoms with Crippen molar-refractivity contribution in [1.82, 2.24) is 5.32 Å². The average molecular weight is 524 g/mol. The molecule has 3 aromatic rings. The monoisotopic (exact) mass is 523 g/mol. The number of aryl methyl sites for hydroxylation is 1. The molecule has 182 valence electrons. The van der Waals surface area contributed by atoms with Gasteiger partial charge < -0.3 is 10.1 Å². The first kappa shape index (κ1) is 25.0. The summed E-state index contributed by atoms with van der Waals surface area (Å²) in [4.78, 5) is 51.2. The van der Waals surface area contributed by atoms with E-state index in [9.17, 15) is 19.2 Å². The number of halogens is 2. The molecule has 0 aliphatic carbocycles. The van der Waals surface area contributed by atoms with Crippen LogP contribution in [0.3, 0.4) is 0 Å². The zero-order valence-electron chi connectivity index (χ0n) is 18.9. The number of rotatable bonds is 6. The van der Waals surface area contributed by atoms with Crippen LogP contribution in [0.25, 0.3) is 6.08 Å². The Kier molecular flexibility index (Phi) is 7.38. The molecule has 10 heteroatoms. The quantitative estimate of drug-likeness (QED) is 0.350. The number of nitrogens with one attached hydrogen (secondary N) is 2. The van der Waals surface area contributed by atoms with Crippen LogP contribution < -0.4 is 20.3 Å². The molecular formula is C26H19Cl2N3O5. The number of urea groups is 1. The molecule has 36 heavy (non-hydrogen) atoms. The molecule has 3 aromatic carbocycles. The molecule has 2 N–H and O–H groups in total. The van der Waals surface area contributed by atoms with Gasteiger partial charge in [0.2, 0.25) is 0 Å². The van der Waals surface area contributed by atoms with Crippen LogP contribution in [-0.2, 0) is 14.4 Å². The summed E-state index contributed by atoms with van der Waals surface area (Å²) in [6, 6.07) is 17.0. The van der Waals surface area contributed by atoms with E-state index in [1.165, 1.54) is 18.2 Å². The van der Waals surface area contributed by atoms with Gasteiger partial charge in [-0.25, -0.2) is 9.69 Å². The molecule has 0 aromatic heterocycles. The minimum atomic E-state index is -0.864. The normalized spacial score (nSPS) is 14.6. The van der Waals surface area contributed by atoms with Gasteiger partial charge in [-0.3, -0.25) is 19.7 Å². The fourth-order valence-electron chi connectivity index (χ4n) is 3.40. The molecular weight excluding hydrogens is 505 g/mol. The molecule has 0 spiro atoms. The Hall–Kier alpha value is -4.14. The third-order valence-corrected chi connectivity index (χ3v) is 5.84. The number of benzene rings is 3. The van der Waals surface area contributed by atoms with Gasteiger partial charge >= 0.3 is 6.03 Å².